The van der Waals surface area contributed by atoms with Crippen molar-refractivity contribution in [1.82, 2.24) is 19.7 Å². The predicted octanol–water partition coefficient (Wildman–Crippen LogP) is 3.07. The number of nitrogens with one attached hydrogen (secondary N) is 1. The van der Waals surface area contributed by atoms with Gasteiger partial charge in [-0.05, 0) is 29.3 Å². The number of ether oxygens (including phenoxy) is 1. The van der Waals surface area contributed by atoms with Crippen LogP contribution in [0.1, 0.15) is 20.3 Å². The zero-order chi connectivity index (χ0) is 13.7. The summed E-state index contributed by atoms with van der Waals surface area (Å²) in [6, 6.07) is 0. The first-order valence-electron chi connectivity index (χ1n) is 6.19. The maximum atomic E-state index is 5.69. The average molecular weight is 326 g/mol. The maximum Gasteiger partial charge on any atom is 0.239 e. The fraction of sp³-hybridized carbons (Fsp3) is 0.417. The number of anilines is 1. The van der Waals surface area contributed by atoms with Crippen molar-refractivity contribution in [3.8, 4) is 11.6 Å². The fourth-order valence-corrected chi connectivity index (χ4v) is 1.90. The van der Waals surface area contributed by atoms with Crippen LogP contribution >= 0.6 is 15.9 Å². The molecule has 2 aromatic heterocycles. The Balaban J connectivity index is 2.15. The van der Waals surface area contributed by atoms with Gasteiger partial charge in [0.05, 0.1) is 12.4 Å². The normalized spacial score (nSPS) is 10.5. The minimum atomic E-state index is 0.476. The molecule has 2 rings (SSSR count). The number of halogens is 1. The molecule has 0 radical (unpaired) electrons. The van der Waals surface area contributed by atoms with Gasteiger partial charge in [0.1, 0.15) is 16.6 Å². The minimum absolute atomic E-state index is 0.476. The van der Waals surface area contributed by atoms with E-state index in [-0.39, 0.29) is 0 Å². The Labute approximate surface area is 120 Å². The minimum Gasteiger partial charge on any atom is -0.434 e. The lowest BCUT2D eigenvalue weighted by Crippen LogP contribution is -2.04. The molecule has 0 atom stereocenters. The zero-order valence-corrected chi connectivity index (χ0v) is 12.5. The molecular weight excluding hydrogens is 310 g/mol. The van der Waals surface area contributed by atoms with Gasteiger partial charge in [-0.25, -0.2) is 9.97 Å². The summed E-state index contributed by atoms with van der Waals surface area (Å²) in [4.78, 5) is 8.29. The van der Waals surface area contributed by atoms with Crippen molar-refractivity contribution in [3.63, 3.8) is 0 Å². The van der Waals surface area contributed by atoms with Crippen molar-refractivity contribution < 1.29 is 4.74 Å². The third kappa shape index (κ3) is 3.44. The fourth-order valence-electron chi connectivity index (χ4n) is 1.47. The highest BCUT2D eigenvalue weighted by atomic mass is 79.9. The number of hydrogen-bond donors (Lipinski definition) is 1. The second-order valence-corrected chi connectivity index (χ2v) is 4.69. The third-order valence-electron chi connectivity index (χ3n) is 2.45. The van der Waals surface area contributed by atoms with E-state index in [1.807, 2.05) is 13.1 Å². The molecule has 2 heterocycles. The summed E-state index contributed by atoms with van der Waals surface area (Å²) in [6.45, 7) is 5.77. The van der Waals surface area contributed by atoms with Crippen molar-refractivity contribution in [2.24, 2.45) is 0 Å². The van der Waals surface area contributed by atoms with E-state index in [1.165, 1.54) is 6.33 Å². The van der Waals surface area contributed by atoms with Crippen LogP contribution in [-0.4, -0.2) is 26.3 Å². The lowest BCUT2D eigenvalue weighted by atomic mass is 10.4. The molecule has 7 heteroatoms. The monoisotopic (exact) mass is 325 g/mol. The Hall–Kier alpha value is -1.63. The number of rotatable bonds is 6. The molecule has 0 fully saturated rings. The van der Waals surface area contributed by atoms with Crippen molar-refractivity contribution in [3.05, 3.63) is 23.2 Å². The zero-order valence-electron chi connectivity index (χ0n) is 10.9. The van der Waals surface area contributed by atoms with E-state index in [4.69, 9.17) is 4.74 Å². The van der Waals surface area contributed by atoms with Crippen LogP contribution in [0, 0.1) is 0 Å². The molecule has 102 valence electrons. The molecule has 0 spiro atoms. The third-order valence-corrected chi connectivity index (χ3v) is 3.16. The van der Waals surface area contributed by atoms with Crippen LogP contribution in [0.4, 0.5) is 5.82 Å². The lowest BCUT2D eigenvalue weighted by Gasteiger charge is -2.09. The van der Waals surface area contributed by atoms with Crippen molar-refractivity contribution in [1.29, 1.82) is 0 Å². The molecule has 2 aromatic rings. The van der Waals surface area contributed by atoms with Crippen LogP contribution in [0.3, 0.4) is 0 Å². The maximum absolute atomic E-state index is 5.69. The van der Waals surface area contributed by atoms with E-state index in [9.17, 15) is 0 Å². The molecule has 0 bridgehead atoms. The van der Waals surface area contributed by atoms with E-state index in [0.717, 1.165) is 25.3 Å². The molecule has 0 aliphatic carbocycles. The molecule has 0 saturated heterocycles. The molecule has 6 nitrogen and oxygen atoms in total. The van der Waals surface area contributed by atoms with Crippen molar-refractivity contribution >= 4 is 21.7 Å². The highest BCUT2D eigenvalue weighted by Crippen LogP contribution is 2.31. The van der Waals surface area contributed by atoms with E-state index >= 15 is 0 Å². The summed E-state index contributed by atoms with van der Waals surface area (Å²) in [5.41, 5.74) is 0. The lowest BCUT2D eigenvalue weighted by molar-refractivity contribution is 0.457. The molecule has 0 aliphatic heterocycles. The highest BCUT2D eigenvalue weighted by molar-refractivity contribution is 9.10. The molecule has 0 unspecified atom stereocenters. The molecule has 1 N–H and O–H groups in total. The van der Waals surface area contributed by atoms with Gasteiger partial charge in [0.25, 0.3) is 0 Å². The van der Waals surface area contributed by atoms with Gasteiger partial charge in [-0.15, -0.1) is 0 Å². The van der Waals surface area contributed by atoms with Gasteiger partial charge in [-0.2, -0.15) is 5.10 Å². The molecule has 0 aromatic carbocycles. The summed E-state index contributed by atoms with van der Waals surface area (Å²) in [6.07, 6.45) is 5.99. The van der Waals surface area contributed by atoms with Gasteiger partial charge in [0, 0.05) is 13.1 Å². The second-order valence-electron chi connectivity index (χ2n) is 3.90. The Bertz CT molecular complexity index is 543. The standard InChI is InChI=1S/C12H16BrN5O/c1-3-5-14-11-10(13)12(16-8-15-11)19-9-6-17-18(4-2)7-9/h6-8H,3-5H2,1-2H3,(H,14,15,16). The Morgan fingerprint density at radius 1 is 1.37 bits per heavy atom. The van der Waals surface area contributed by atoms with Gasteiger partial charge in [-0.3, -0.25) is 4.68 Å². The first-order valence-corrected chi connectivity index (χ1v) is 6.98. The van der Waals surface area contributed by atoms with E-state index in [2.05, 4.69) is 43.2 Å². The Morgan fingerprint density at radius 3 is 2.89 bits per heavy atom. The van der Waals surface area contributed by atoms with Crippen LogP contribution in [0.5, 0.6) is 11.6 Å². The summed E-state index contributed by atoms with van der Waals surface area (Å²) in [5.74, 6) is 1.86. The second kappa shape index (κ2) is 6.51. The predicted molar refractivity (Wildman–Crippen MR) is 76.5 cm³/mol. The molecule has 0 saturated carbocycles. The molecular formula is C12H16BrN5O. The number of nitrogens with zero attached hydrogens (tertiary/aromatic N) is 4. The Kier molecular flexibility index (Phi) is 4.73. The molecule has 0 aliphatic rings. The smallest absolute Gasteiger partial charge is 0.239 e. The van der Waals surface area contributed by atoms with Gasteiger partial charge < -0.3 is 10.1 Å². The van der Waals surface area contributed by atoms with E-state index < -0.39 is 0 Å². The van der Waals surface area contributed by atoms with Crippen LogP contribution in [0.2, 0.25) is 0 Å². The SMILES string of the molecule is CCCNc1ncnc(Oc2cnn(CC)c2)c1Br. The van der Waals surface area contributed by atoms with Gasteiger partial charge in [-0.1, -0.05) is 6.92 Å². The number of aromatic nitrogens is 4. The summed E-state index contributed by atoms with van der Waals surface area (Å²) in [7, 11) is 0. The van der Waals surface area contributed by atoms with E-state index in [0.29, 0.717) is 16.1 Å². The van der Waals surface area contributed by atoms with E-state index in [1.54, 1.807) is 10.9 Å². The van der Waals surface area contributed by atoms with Gasteiger partial charge in [0.15, 0.2) is 5.75 Å². The molecule has 0 amide bonds. The largest absolute Gasteiger partial charge is 0.434 e. The summed E-state index contributed by atoms with van der Waals surface area (Å²) >= 11 is 3.45. The van der Waals surface area contributed by atoms with Crippen LogP contribution < -0.4 is 10.1 Å². The number of aryl methyl sites for hydroxylation is 1. The van der Waals surface area contributed by atoms with Gasteiger partial charge >= 0.3 is 0 Å². The van der Waals surface area contributed by atoms with Crippen molar-refractivity contribution in [2.45, 2.75) is 26.8 Å². The van der Waals surface area contributed by atoms with Gasteiger partial charge in [0.2, 0.25) is 5.88 Å². The average Bonchev–Trinajstić information content (AvgIpc) is 2.87. The Morgan fingerprint density at radius 2 is 2.21 bits per heavy atom. The highest BCUT2D eigenvalue weighted by Gasteiger charge is 2.11. The first kappa shape index (κ1) is 13.8. The summed E-state index contributed by atoms with van der Waals surface area (Å²) < 4.78 is 8.20. The summed E-state index contributed by atoms with van der Waals surface area (Å²) in [5, 5.41) is 7.36. The first-order chi connectivity index (χ1) is 9.24. The molecule has 19 heavy (non-hydrogen) atoms. The number of hydrogen-bond acceptors (Lipinski definition) is 5. The van der Waals surface area contributed by atoms with Crippen molar-refractivity contribution in [2.75, 3.05) is 11.9 Å². The van der Waals surface area contributed by atoms with Crippen LogP contribution in [0.25, 0.3) is 0 Å². The van der Waals surface area contributed by atoms with Crippen LogP contribution in [-0.2, 0) is 6.54 Å². The van der Waals surface area contributed by atoms with Crippen LogP contribution in [0.15, 0.2) is 23.2 Å². The topological polar surface area (TPSA) is 64.9 Å². The quantitative estimate of drug-likeness (QED) is 0.884.